The first kappa shape index (κ1) is 14.7. The average molecular weight is 214 g/mol. The molecule has 2 nitrogen and oxygen atoms in total. The summed E-state index contributed by atoms with van der Waals surface area (Å²) in [5.41, 5.74) is -0.252. The van der Waals surface area contributed by atoms with Gasteiger partial charge in [0.05, 0.1) is 17.8 Å². The maximum absolute atomic E-state index is 5.83. The summed E-state index contributed by atoms with van der Waals surface area (Å²) in [6.45, 7) is 12.9. The molecule has 0 amide bonds. The van der Waals surface area contributed by atoms with E-state index in [2.05, 4.69) is 34.3 Å². The van der Waals surface area contributed by atoms with Crippen molar-refractivity contribution >= 4 is 0 Å². The Hall–Kier alpha value is -0.340. The predicted molar refractivity (Wildman–Crippen MR) is 65.2 cm³/mol. The Morgan fingerprint density at radius 2 is 1.80 bits per heavy atom. The smallest absolute Gasteiger partial charge is 0.0829 e. The maximum atomic E-state index is 5.83. The lowest BCUT2D eigenvalue weighted by atomic mass is 9.99. The van der Waals surface area contributed by atoms with E-state index in [-0.39, 0.29) is 11.2 Å². The van der Waals surface area contributed by atoms with E-state index < -0.39 is 0 Å². The lowest BCUT2D eigenvalue weighted by Gasteiger charge is -2.30. The van der Waals surface area contributed by atoms with Crippen molar-refractivity contribution in [3.63, 3.8) is 0 Å². The zero-order valence-electron chi connectivity index (χ0n) is 10.9. The Balaban J connectivity index is 4.02. The summed E-state index contributed by atoms with van der Waals surface area (Å²) in [6.07, 6.45) is 4.75. The summed E-state index contributed by atoms with van der Waals surface area (Å²) in [6, 6.07) is 0. The zero-order chi connectivity index (χ0) is 11.9. The Morgan fingerprint density at radius 1 is 1.20 bits per heavy atom. The number of hydrogen-bond acceptors (Lipinski definition) is 2. The van der Waals surface area contributed by atoms with E-state index in [0.29, 0.717) is 6.61 Å². The highest BCUT2D eigenvalue weighted by atomic mass is 16.5. The van der Waals surface area contributed by atoms with Crippen molar-refractivity contribution in [1.82, 2.24) is 0 Å². The number of methoxy groups -OCH3 is 1. The minimum atomic E-state index is -0.192. The molecular formula is C13H26O2. The highest BCUT2D eigenvalue weighted by molar-refractivity contribution is 4.92. The highest BCUT2D eigenvalue weighted by Gasteiger charge is 2.23. The van der Waals surface area contributed by atoms with Crippen molar-refractivity contribution in [2.45, 2.75) is 58.2 Å². The molecule has 0 aromatic heterocycles. The van der Waals surface area contributed by atoms with Gasteiger partial charge < -0.3 is 9.47 Å². The molecular weight excluding hydrogens is 188 g/mol. The molecule has 0 aliphatic rings. The predicted octanol–water partition coefficient (Wildman–Crippen LogP) is 3.56. The number of rotatable bonds is 8. The zero-order valence-corrected chi connectivity index (χ0v) is 10.9. The van der Waals surface area contributed by atoms with Crippen LogP contribution < -0.4 is 0 Å². The second-order valence-corrected chi connectivity index (χ2v) is 4.48. The van der Waals surface area contributed by atoms with Crippen molar-refractivity contribution in [2.75, 3.05) is 13.7 Å². The lowest BCUT2D eigenvalue weighted by molar-refractivity contribution is -0.0564. The van der Waals surface area contributed by atoms with E-state index in [9.17, 15) is 0 Å². The monoisotopic (exact) mass is 214 g/mol. The molecule has 0 saturated heterocycles. The van der Waals surface area contributed by atoms with E-state index in [1.165, 1.54) is 0 Å². The van der Waals surface area contributed by atoms with E-state index >= 15 is 0 Å². The van der Waals surface area contributed by atoms with Gasteiger partial charge in [-0.05, 0) is 33.1 Å². The van der Waals surface area contributed by atoms with Crippen LogP contribution in [0.2, 0.25) is 0 Å². The van der Waals surface area contributed by atoms with Crippen LogP contribution in [0.5, 0.6) is 0 Å². The van der Waals surface area contributed by atoms with Gasteiger partial charge in [-0.2, -0.15) is 0 Å². The van der Waals surface area contributed by atoms with Gasteiger partial charge in [-0.1, -0.05) is 19.9 Å². The van der Waals surface area contributed by atoms with Gasteiger partial charge in [-0.15, -0.1) is 6.58 Å². The standard InChI is InChI=1S/C13H26O2/c1-7-12(4,8-2)15-11-10-13(5,9-3)14-6/h7H,1,8-11H2,2-6H3/t12?,13-/m1/s1. The molecule has 0 aromatic carbocycles. The van der Waals surface area contributed by atoms with E-state index in [1.807, 2.05) is 6.08 Å². The van der Waals surface area contributed by atoms with Crippen molar-refractivity contribution in [3.05, 3.63) is 12.7 Å². The summed E-state index contributed by atoms with van der Waals surface area (Å²) in [5.74, 6) is 0. The minimum absolute atomic E-state index is 0.0597. The van der Waals surface area contributed by atoms with Gasteiger partial charge in [-0.3, -0.25) is 0 Å². The van der Waals surface area contributed by atoms with Crippen LogP contribution >= 0.6 is 0 Å². The second-order valence-electron chi connectivity index (χ2n) is 4.48. The summed E-state index contributed by atoms with van der Waals surface area (Å²) >= 11 is 0. The van der Waals surface area contributed by atoms with Crippen LogP contribution in [-0.4, -0.2) is 24.9 Å². The molecule has 0 N–H and O–H groups in total. The fourth-order valence-corrected chi connectivity index (χ4v) is 1.23. The van der Waals surface area contributed by atoms with Crippen LogP contribution in [0, 0.1) is 0 Å². The molecule has 0 spiro atoms. The van der Waals surface area contributed by atoms with Crippen LogP contribution in [0.3, 0.4) is 0 Å². The van der Waals surface area contributed by atoms with Gasteiger partial charge in [0.15, 0.2) is 0 Å². The quantitative estimate of drug-likeness (QED) is 0.575. The third-order valence-corrected chi connectivity index (χ3v) is 3.44. The molecule has 2 heteroatoms. The van der Waals surface area contributed by atoms with Crippen molar-refractivity contribution in [1.29, 1.82) is 0 Å². The van der Waals surface area contributed by atoms with Crippen molar-refractivity contribution in [3.8, 4) is 0 Å². The van der Waals surface area contributed by atoms with E-state index in [4.69, 9.17) is 9.47 Å². The van der Waals surface area contributed by atoms with E-state index in [1.54, 1.807) is 7.11 Å². The highest BCUT2D eigenvalue weighted by Crippen LogP contribution is 2.22. The third kappa shape index (κ3) is 4.80. The molecule has 0 bridgehead atoms. The Labute approximate surface area is 94.7 Å². The summed E-state index contributed by atoms with van der Waals surface area (Å²) in [4.78, 5) is 0. The normalized spacial score (nSPS) is 19.3. The van der Waals surface area contributed by atoms with Crippen LogP contribution in [0.4, 0.5) is 0 Å². The van der Waals surface area contributed by atoms with Crippen molar-refractivity contribution < 1.29 is 9.47 Å². The maximum Gasteiger partial charge on any atom is 0.0829 e. The number of ether oxygens (including phenoxy) is 2. The van der Waals surface area contributed by atoms with Crippen molar-refractivity contribution in [2.24, 2.45) is 0 Å². The van der Waals surface area contributed by atoms with Gasteiger partial charge in [0, 0.05) is 7.11 Å². The first-order chi connectivity index (χ1) is 6.95. The molecule has 2 atom stereocenters. The van der Waals surface area contributed by atoms with Gasteiger partial charge >= 0.3 is 0 Å². The molecule has 0 heterocycles. The first-order valence-corrected chi connectivity index (χ1v) is 5.78. The molecule has 90 valence electrons. The second kappa shape index (κ2) is 6.29. The fourth-order valence-electron chi connectivity index (χ4n) is 1.23. The van der Waals surface area contributed by atoms with Crippen LogP contribution in [0.15, 0.2) is 12.7 Å². The Kier molecular flexibility index (Phi) is 6.15. The van der Waals surface area contributed by atoms with Gasteiger partial charge in [-0.25, -0.2) is 0 Å². The molecule has 0 aliphatic carbocycles. The molecule has 1 unspecified atom stereocenters. The number of hydrogen-bond donors (Lipinski definition) is 0. The van der Waals surface area contributed by atoms with Gasteiger partial charge in [0.1, 0.15) is 0 Å². The summed E-state index contributed by atoms with van der Waals surface area (Å²) in [5, 5.41) is 0. The largest absolute Gasteiger partial charge is 0.378 e. The average Bonchev–Trinajstić information content (AvgIpc) is 2.28. The molecule has 0 aromatic rings. The molecule has 15 heavy (non-hydrogen) atoms. The Bertz CT molecular complexity index is 185. The molecule has 0 aliphatic heterocycles. The SMILES string of the molecule is C=CC(C)(CC)OCC[C@@](C)(CC)OC. The van der Waals surface area contributed by atoms with Gasteiger partial charge in [0.2, 0.25) is 0 Å². The first-order valence-electron chi connectivity index (χ1n) is 5.78. The molecule has 0 fully saturated rings. The summed E-state index contributed by atoms with van der Waals surface area (Å²) < 4.78 is 11.3. The molecule has 0 rings (SSSR count). The third-order valence-electron chi connectivity index (χ3n) is 3.44. The Morgan fingerprint density at radius 3 is 2.13 bits per heavy atom. The minimum Gasteiger partial charge on any atom is -0.378 e. The van der Waals surface area contributed by atoms with Gasteiger partial charge in [0.25, 0.3) is 0 Å². The molecule has 0 saturated carbocycles. The van der Waals surface area contributed by atoms with Crippen LogP contribution in [-0.2, 0) is 9.47 Å². The lowest BCUT2D eigenvalue weighted by Crippen LogP contribution is -2.31. The van der Waals surface area contributed by atoms with Crippen LogP contribution in [0.25, 0.3) is 0 Å². The summed E-state index contributed by atoms with van der Waals surface area (Å²) in [7, 11) is 1.76. The van der Waals surface area contributed by atoms with Crippen LogP contribution in [0.1, 0.15) is 47.0 Å². The van der Waals surface area contributed by atoms with E-state index in [0.717, 1.165) is 19.3 Å². The fraction of sp³-hybridized carbons (Fsp3) is 0.846. The topological polar surface area (TPSA) is 18.5 Å². The molecule has 0 radical (unpaired) electrons.